The summed E-state index contributed by atoms with van der Waals surface area (Å²) in [5.74, 6) is 1.02. The van der Waals surface area contributed by atoms with Crippen molar-refractivity contribution in [1.29, 1.82) is 0 Å². The van der Waals surface area contributed by atoms with E-state index in [-0.39, 0.29) is 5.96 Å². The number of hydrogen-bond donors (Lipinski definition) is 3. The molecule has 0 atom stereocenters. The van der Waals surface area contributed by atoms with E-state index in [0.29, 0.717) is 29.8 Å². The summed E-state index contributed by atoms with van der Waals surface area (Å²) >= 11 is 0. The van der Waals surface area contributed by atoms with Gasteiger partial charge in [0.1, 0.15) is 0 Å². The lowest BCUT2D eigenvalue weighted by Gasteiger charge is -2.27. The number of nitrogens with two attached hydrogens (primary N) is 2. The Morgan fingerprint density at radius 3 is 2.26 bits per heavy atom. The number of aliphatic imine (C=N–C) groups is 1. The van der Waals surface area contributed by atoms with Crippen molar-refractivity contribution in [2.24, 2.45) is 28.3 Å². The van der Waals surface area contributed by atoms with Crippen LogP contribution in [0, 0.1) is 18.8 Å². The van der Waals surface area contributed by atoms with E-state index < -0.39 is 10.0 Å². The van der Waals surface area contributed by atoms with Gasteiger partial charge in [0.2, 0.25) is 10.0 Å². The van der Waals surface area contributed by atoms with Gasteiger partial charge >= 0.3 is 0 Å². The molecule has 5 N–H and O–H groups in total. The molecule has 1 aliphatic carbocycles. The van der Waals surface area contributed by atoms with Crippen LogP contribution in [0.3, 0.4) is 0 Å². The van der Waals surface area contributed by atoms with Gasteiger partial charge in [-0.2, -0.15) is 0 Å². The lowest BCUT2D eigenvalue weighted by Crippen LogP contribution is -2.32. The smallest absolute Gasteiger partial charge is 0.240 e. The molecule has 0 unspecified atom stereocenters. The molecule has 0 spiro atoms. The van der Waals surface area contributed by atoms with Gasteiger partial charge in [-0.1, -0.05) is 17.7 Å². The molecule has 1 fully saturated rings. The standard InChI is InChI=1S/C16H26N4O2S/c1-12-2-8-15(9-3-12)23(21,22)20-11-14-6-4-13(5-7-14)10-19-16(17)18/h2-3,8-9,13-14,20H,4-7,10-11H2,1H3,(H4,17,18,19). The molecule has 0 heterocycles. The number of hydrogen-bond acceptors (Lipinski definition) is 3. The van der Waals surface area contributed by atoms with Gasteiger partial charge in [-0.3, -0.25) is 4.99 Å². The second kappa shape index (κ2) is 7.79. The Morgan fingerprint density at radius 1 is 1.13 bits per heavy atom. The zero-order chi connectivity index (χ0) is 16.9. The molecule has 0 amide bonds. The number of rotatable bonds is 6. The van der Waals surface area contributed by atoms with Gasteiger partial charge in [-0.25, -0.2) is 13.1 Å². The van der Waals surface area contributed by atoms with Crippen LogP contribution >= 0.6 is 0 Å². The van der Waals surface area contributed by atoms with Crippen molar-refractivity contribution in [3.05, 3.63) is 29.8 Å². The molecular weight excluding hydrogens is 312 g/mol. The van der Waals surface area contributed by atoms with E-state index in [1.807, 2.05) is 19.1 Å². The van der Waals surface area contributed by atoms with Gasteiger partial charge in [0, 0.05) is 13.1 Å². The van der Waals surface area contributed by atoms with Crippen LogP contribution in [0.4, 0.5) is 0 Å². The Balaban J connectivity index is 1.81. The fourth-order valence-corrected chi connectivity index (χ4v) is 4.00. The van der Waals surface area contributed by atoms with E-state index >= 15 is 0 Å². The van der Waals surface area contributed by atoms with Gasteiger partial charge in [0.15, 0.2) is 5.96 Å². The zero-order valence-electron chi connectivity index (χ0n) is 13.5. The van der Waals surface area contributed by atoms with Crippen LogP contribution in [-0.4, -0.2) is 27.5 Å². The second-order valence-corrected chi connectivity index (χ2v) is 8.08. The van der Waals surface area contributed by atoms with Crippen LogP contribution in [0.1, 0.15) is 31.2 Å². The van der Waals surface area contributed by atoms with Gasteiger partial charge in [-0.15, -0.1) is 0 Å². The predicted octanol–water partition coefficient (Wildman–Crippen LogP) is 1.35. The minimum Gasteiger partial charge on any atom is -0.370 e. The predicted molar refractivity (Wildman–Crippen MR) is 92.5 cm³/mol. The molecule has 23 heavy (non-hydrogen) atoms. The molecule has 1 aromatic carbocycles. The third-order valence-corrected chi connectivity index (χ3v) is 5.83. The van der Waals surface area contributed by atoms with Crippen molar-refractivity contribution in [2.45, 2.75) is 37.5 Å². The molecule has 1 saturated carbocycles. The third-order valence-electron chi connectivity index (χ3n) is 4.39. The van der Waals surface area contributed by atoms with E-state index in [9.17, 15) is 8.42 Å². The molecule has 0 bridgehead atoms. The molecule has 0 aromatic heterocycles. The summed E-state index contributed by atoms with van der Waals surface area (Å²) < 4.78 is 27.3. The summed E-state index contributed by atoms with van der Waals surface area (Å²) in [5, 5.41) is 0. The summed E-state index contributed by atoms with van der Waals surface area (Å²) in [6, 6.07) is 6.90. The highest BCUT2D eigenvalue weighted by Crippen LogP contribution is 2.28. The quantitative estimate of drug-likeness (QED) is 0.537. The van der Waals surface area contributed by atoms with E-state index in [1.54, 1.807) is 12.1 Å². The Kier molecular flexibility index (Phi) is 6.01. The minimum absolute atomic E-state index is 0.137. The van der Waals surface area contributed by atoms with E-state index in [2.05, 4.69) is 9.71 Å². The van der Waals surface area contributed by atoms with Crippen LogP contribution in [-0.2, 0) is 10.0 Å². The van der Waals surface area contributed by atoms with Crippen LogP contribution < -0.4 is 16.2 Å². The average molecular weight is 338 g/mol. The molecule has 1 aliphatic rings. The van der Waals surface area contributed by atoms with Crippen molar-refractivity contribution in [2.75, 3.05) is 13.1 Å². The average Bonchev–Trinajstić information content (AvgIpc) is 2.52. The van der Waals surface area contributed by atoms with Crippen LogP contribution in [0.2, 0.25) is 0 Å². The highest BCUT2D eigenvalue weighted by atomic mass is 32.2. The molecule has 0 saturated heterocycles. The summed E-state index contributed by atoms with van der Waals surface area (Å²) in [6.07, 6.45) is 4.07. The van der Waals surface area contributed by atoms with E-state index in [0.717, 1.165) is 31.2 Å². The second-order valence-electron chi connectivity index (χ2n) is 6.32. The molecule has 1 aromatic rings. The number of sulfonamides is 1. The monoisotopic (exact) mass is 338 g/mol. The van der Waals surface area contributed by atoms with Crippen molar-refractivity contribution >= 4 is 16.0 Å². The summed E-state index contributed by atoms with van der Waals surface area (Å²) in [6.45, 7) is 3.10. The SMILES string of the molecule is Cc1ccc(S(=O)(=O)NCC2CCC(CN=C(N)N)CC2)cc1. The van der Waals surface area contributed by atoms with Crippen LogP contribution in [0.15, 0.2) is 34.2 Å². The number of nitrogens with zero attached hydrogens (tertiary/aromatic N) is 1. The number of aryl methyl sites for hydroxylation is 1. The van der Waals surface area contributed by atoms with Gasteiger partial charge in [-0.05, 0) is 56.6 Å². The van der Waals surface area contributed by atoms with E-state index in [1.165, 1.54) is 0 Å². The first-order chi connectivity index (χ1) is 10.9. The Labute approximate surface area is 138 Å². The van der Waals surface area contributed by atoms with Crippen LogP contribution in [0.25, 0.3) is 0 Å². The third kappa shape index (κ3) is 5.51. The highest BCUT2D eigenvalue weighted by Gasteiger charge is 2.23. The Hall–Kier alpha value is -1.60. The Bertz CT molecular complexity index is 629. The molecule has 0 radical (unpaired) electrons. The molecule has 0 aliphatic heterocycles. The van der Waals surface area contributed by atoms with Gasteiger partial charge < -0.3 is 11.5 Å². The number of guanidine groups is 1. The van der Waals surface area contributed by atoms with Crippen molar-refractivity contribution in [3.63, 3.8) is 0 Å². The molecule has 6 nitrogen and oxygen atoms in total. The topological polar surface area (TPSA) is 111 Å². The fraction of sp³-hybridized carbons (Fsp3) is 0.562. The van der Waals surface area contributed by atoms with Gasteiger partial charge in [0.25, 0.3) is 0 Å². The largest absolute Gasteiger partial charge is 0.370 e. The lowest BCUT2D eigenvalue weighted by atomic mass is 9.82. The van der Waals surface area contributed by atoms with Crippen LogP contribution in [0.5, 0.6) is 0 Å². The summed E-state index contributed by atoms with van der Waals surface area (Å²) in [4.78, 5) is 4.39. The Morgan fingerprint density at radius 2 is 1.70 bits per heavy atom. The molecule has 128 valence electrons. The summed E-state index contributed by atoms with van der Waals surface area (Å²) in [7, 11) is -3.42. The maximum Gasteiger partial charge on any atom is 0.240 e. The van der Waals surface area contributed by atoms with Gasteiger partial charge in [0.05, 0.1) is 4.90 Å². The first kappa shape index (κ1) is 17.7. The zero-order valence-corrected chi connectivity index (χ0v) is 14.3. The molecule has 2 rings (SSSR count). The molecular formula is C16H26N4O2S. The summed E-state index contributed by atoms with van der Waals surface area (Å²) in [5.41, 5.74) is 11.7. The normalized spacial score (nSPS) is 21.8. The van der Waals surface area contributed by atoms with Crippen molar-refractivity contribution in [3.8, 4) is 0 Å². The maximum absolute atomic E-state index is 12.3. The molecule has 7 heteroatoms. The minimum atomic E-state index is -3.42. The fourth-order valence-electron chi connectivity index (χ4n) is 2.88. The maximum atomic E-state index is 12.3. The highest BCUT2D eigenvalue weighted by molar-refractivity contribution is 7.89. The number of nitrogens with one attached hydrogen (secondary N) is 1. The lowest BCUT2D eigenvalue weighted by molar-refractivity contribution is 0.280. The van der Waals surface area contributed by atoms with E-state index in [4.69, 9.17) is 11.5 Å². The van der Waals surface area contributed by atoms with Crippen molar-refractivity contribution < 1.29 is 8.42 Å². The van der Waals surface area contributed by atoms with Crippen molar-refractivity contribution in [1.82, 2.24) is 4.72 Å². The number of benzene rings is 1. The first-order valence-corrected chi connectivity index (χ1v) is 9.47. The first-order valence-electron chi connectivity index (χ1n) is 7.98.